The van der Waals surface area contributed by atoms with Crippen molar-refractivity contribution in [1.82, 2.24) is 9.55 Å². The third-order valence-electron chi connectivity index (χ3n) is 3.94. The molecule has 0 saturated heterocycles. The van der Waals surface area contributed by atoms with Gasteiger partial charge in [0, 0.05) is 18.3 Å². The highest BCUT2D eigenvalue weighted by molar-refractivity contribution is 5.44. The van der Waals surface area contributed by atoms with Gasteiger partial charge < -0.3 is 14.2 Å². The number of benzene rings is 1. The van der Waals surface area contributed by atoms with E-state index in [0.717, 1.165) is 17.1 Å². The molecule has 6 nitrogen and oxygen atoms in total. The SMILES string of the molecule is COc1cc(OCC2Cn3ccc(=O)nc3O2)ccc1C(C)(C)C. The Morgan fingerprint density at radius 2 is 2.12 bits per heavy atom. The Labute approximate surface area is 141 Å². The number of hydrogen-bond donors (Lipinski definition) is 0. The standard InChI is InChI=1S/C18H22N2O4/c1-18(2,3)14-6-5-12(9-15(14)22-4)23-11-13-10-20-8-7-16(21)19-17(20)24-13/h5-9,13H,10-11H2,1-4H3. The third kappa shape index (κ3) is 3.37. The molecule has 0 aliphatic carbocycles. The molecule has 1 aromatic carbocycles. The van der Waals surface area contributed by atoms with Gasteiger partial charge in [0.1, 0.15) is 18.1 Å². The normalized spacial score (nSPS) is 16.4. The first-order valence-electron chi connectivity index (χ1n) is 7.92. The van der Waals surface area contributed by atoms with Crippen LogP contribution in [-0.2, 0) is 12.0 Å². The molecule has 0 radical (unpaired) electrons. The minimum Gasteiger partial charge on any atom is -0.496 e. The summed E-state index contributed by atoms with van der Waals surface area (Å²) in [6.07, 6.45) is 1.51. The van der Waals surface area contributed by atoms with Gasteiger partial charge in [0.2, 0.25) is 0 Å². The Morgan fingerprint density at radius 3 is 2.83 bits per heavy atom. The van der Waals surface area contributed by atoms with Crippen LogP contribution in [0.3, 0.4) is 0 Å². The van der Waals surface area contributed by atoms with Crippen molar-refractivity contribution in [2.24, 2.45) is 0 Å². The summed E-state index contributed by atoms with van der Waals surface area (Å²) in [6.45, 7) is 7.41. The summed E-state index contributed by atoms with van der Waals surface area (Å²) >= 11 is 0. The molecule has 2 heterocycles. The number of methoxy groups -OCH3 is 1. The molecule has 128 valence electrons. The van der Waals surface area contributed by atoms with E-state index in [1.165, 1.54) is 6.07 Å². The second-order valence-electron chi connectivity index (χ2n) is 6.86. The number of ether oxygens (including phenoxy) is 3. The Balaban J connectivity index is 1.67. The van der Waals surface area contributed by atoms with Crippen molar-refractivity contribution in [3.05, 3.63) is 46.4 Å². The van der Waals surface area contributed by atoms with Crippen molar-refractivity contribution in [2.45, 2.75) is 38.8 Å². The first-order valence-corrected chi connectivity index (χ1v) is 7.92. The van der Waals surface area contributed by atoms with Gasteiger partial charge in [-0.3, -0.25) is 9.36 Å². The molecule has 1 unspecified atom stereocenters. The lowest BCUT2D eigenvalue weighted by atomic mass is 9.86. The van der Waals surface area contributed by atoms with Crippen LogP contribution in [0.25, 0.3) is 0 Å². The number of aromatic nitrogens is 2. The molecule has 3 rings (SSSR count). The molecule has 0 spiro atoms. The number of fused-ring (bicyclic) bond motifs is 1. The van der Waals surface area contributed by atoms with Crippen molar-refractivity contribution in [3.63, 3.8) is 0 Å². The van der Waals surface area contributed by atoms with Gasteiger partial charge in [0.15, 0.2) is 6.10 Å². The van der Waals surface area contributed by atoms with Crippen LogP contribution in [0.1, 0.15) is 26.3 Å². The highest BCUT2D eigenvalue weighted by atomic mass is 16.6. The molecule has 0 fully saturated rings. The Hall–Kier alpha value is -2.50. The van der Waals surface area contributed by atoms with Crippen molar-refractivity contribution >= 4 is 0 Å². The zero-order valence-corrected chi connectivity index (χ0v) is 14.4. The van der Waals surface area contributed by atoms with Crippen LogP contribution >= 0.6 is 0 Å². The first kappa shape index (κ1) is 16.4. The van der Waals surface area contributed by atoms with Gasteiger partial charge in [0.25, 0.3) is 11.6 Å². The molecule has 1 aromatic heterocycles. The fourth-order valence-electron chi connectivity index (χ4n) is 2.71. The summed E-state index contributed by atoms with van der Waals surface area (Å²) in [4.78, 5) is 15.1. The van der Waals surface area contributed by atoms with Crippen molar-refractivity contribution in [1.29, 1.82) is 0 Å². The molecule has 0 amide bonds. The second kappa shape index (κ2) is 6.19. The highest BCUT2D eigenvalue weighted by Crippen LogP contribution is 2.34. The van der Waals surface area contributed by atoms with Gasteiger partial charge in [0.05, 0.1) is 13.7 Å². The summed E-state index contributed by atoms with van der Waals surface area (Å²) < 4.78 is 18.8. The zero-order valence-electron chi connectivity index (χ0n) is 14.4. The van der Waals surface area contributed by atoms with E-state index >= 15 is 0 Å². The molecule has 1 aliphatic heterocycles. The van der Waals surface area contributed by atoms with Crippen LogP contribution in [0.15, 0.2) is 35.3 Å². The summed E-state index contributed by atoms with van der Waals surface area (Å²) in [5.74, 6) is 1.53. The van der Waals surface area contributed by atoms with E-state index in [9.17, 15) is 4.79 Å². The highest BCUT2D eigenvalue weighted by Gasteiger charge is 2.24. The number of hydrogen-bond acceptors (Lipinski definition) is 5. The molecular formula is C18H22N2O4. The fraction of sp³-hybridized carbons (Fsp3) is 0.444. The van der Waals surface area contributed by atoms with Crippen LogP contribution in [0, 0.1) is 0 Å². The van der Waals surface area contributed by atoms with Crippen LogP contribution in [-0.4, -0.2) is 29.4 Å². The average Bonchev–Trinajstić information content (AvgIpc) is 2.93. The van der Waals surface area contributed by atoms with Crippen LogP contribution in [0.5, 0.6) is 17.5 Å². The molecule has 1 aliphatic rings. The average molecular weight is 330 g/mol. The Bertz CT molecular complexity index is 792. The fourth-order valence-corrected chi connectivity index (χ4v) is 2.71. The predicted octanol–water partition coefficient (Wildman–Crippen LogP) is 2.39. The minimum absolute atomic E-state index is 0.00156. The maximum Gasteiger partial charge on any atom is 0.300 e. The Morgan fingerprint density at radius 1 is 1.33 bits per heavy atom. The van der Waals surface area contributed by atoms with Gasteiger partial charge >= 0.3 is 0 Å². The van der Waals surface area contributed by atoms with Crippen LogP contribution in [0.2, 0.25) is 0 Å². The molecule has 2 aromatic rings. The lowest BCUT2D eigenvalue weighted by molar-refractivity contribution is 0.143. The van der Waals surface area contributed by atoms with Gasteiger partial charge in [-0.1, -0.05) is 26.8 Å². The van der Waals surface area contributed by atoms with Crippen molar-refractivity contribution in [2.75, 3.05) is 13.7 Å². The molecular weight excluding hydrogens is 308 g/mol. The lowest BCUT2D eigenvalue weighted by Gasteiger charge is -2.22. The van der Waals surface area contributed by atoms with Crippen LogP contribution < -0.4 is 19.8 Å². The molecule has 6 heteroatoms. The second-order valence-corrected chi connectivity index (χ2v) is 6.86. The lowest BCUT2D eigenvalue weighted by Crippen LogP contribution is -2.23. The van der Waals surface area contributed by atoms with Gasteiger partial charge in [-0.05, 0) is 17.0 Å². The van der Waals surface area contributed by atoms with E-state index in [4.69, 9.17) is 14.2 Å². The third-order valence-corrected chi connectivity index (χ3v) is 3.94. The molecule has 0 bridgehead atoms. The Kier molecular flexibility index (Phi) is 4.22. The zero-order chi connectivity index (χ0) is 17.3. The largest absolute Gasteiger partial charge is 0.496 e. The van der Waals surface area contributed by atoms with Crippen LogP contribution in [0.4, 0.5) is 0 Å². The number of rotatable bonds is 4. The van der Waals surface area contributed by atoms with Gasteiger partial charge in [-0.2, -0.15) is 4.98 Å². The van der Waals surface area contributed by atoms with E-state index in [1.54, 1.807) is 17.9 Å². The van der Waals surface area contributed by atoms with Crippen molar-refractivity contribution in [3.8, 4) is 17.5 Å². The van der Waals surface area contributed by atoms with E-state index in [-0.39, 0.29) is 17.1 Å². The number of nitrogens with zero attached hydrogens (tertiary/aromatic N) is 2. The van der Waals surface area contributed by atoms with E-state index < -0.39 is 0 Å². The summed E-state index contributed by atoms with van der Waals surface area (Å²) in [5.41, 5.74) is 0.827. The quantitative estimate of drug-likeness (QED) is 0.861. The van der Waals surface area contributed by atoms with Gasteiger partial charge in [-0.25, -0.2) is 0 Å². The predicted molar refractivity (Wildman–Crippen MR) is 90.1 cm³/mol. The molecule has 24 heavy (non-hydrogen) atoms. The molecule has 1 atom stereocenters. The minimum atomic E-state index is -0.301. The maximum atomic E-state index is 11.2. The smallest absolute Gasteiger partial charge is 0.300 e. The molecule has 0 saturated carbocycles. The van der Waals surface area contributed by atoms with Crippen molar-refractivity contribution < 1.29 is 14.2 Å². The summed E-state index contributed by atoms with van der Waals surface area (Å²) in [5, 5.41) is 0. The van der Waals surface area contributed by atoms with E-state index in [0.29, 0.717) is 19.2 Å². The van der Waals surface area contributed by atoms with E-state index in [2.05, 4.69) is 25.8 Å². The van der Waals surface area contributed by atoms with Gasteiger partial charge in [-0.15, -0.1) is 0 Å². The maximum absolute atomic E-state index is 11.2. The first-order chi connectivity index (χ1) is 11.4. The molecule has 0 N–H and O–H groups in total. The topological polar surface area (TPSA) is 62.6 Å². The monoisotopic (exact) mass is 330 g/mol. The summed E-state index contributed by atoms with van der Waals surface area (Å²) in [6, 6.07) is 7.62. The van der Waals surface area contributed by atoms with E-state index in [1.807, 2.05) is 18.2 Å². The summed E-state index contributed by atoms with van der Waals surface area (Å²) in [7, 11) is 1.66.